The summed E-state index contributed by atoms with van der Waals surface area (Å²) in [5.41, 5.74) is 0.0219. The van der Waals surface area contributed by atoms with Crippen molar-refractivity contribution < 1.29 is 32.1 Å². The van der Waals surface area contributed by atoms with Crippen LogP contribution in [-0.2, 0) is 29.5 Å². The van der Waals surface area contributed by atoms with E-state index in [0.717, 1.165) is 55.5 Å². The lowest BCUT2D eigenvalue weighted by molar-refractivity contribution is -0.187. The van der Waals surface area contributed by atoms with Gasteiger partial charge < -0.3 is 14.6 Å². The van der Waals surface area contributed by atoms with Crippen molar-refractivity contribution in [2.24, 2.45) is 0 Å². The van der Waals surface area contributed by atoms with E-state index in [1.54, 1.807) is 12.1 Å². The third kappa shape index (κ3) is 7.70. The van der Waals surface area contributed by atoms with Crippen molar-refractivity contribution in [3.8, 4) is 17.2 Å². The Morgan fingerprint density at radius 1 is 0.625 bits per heavy atom. The third-order valence-electron chi connectivity index (χ3n) is 6.74. The summed E-state index contributed by atoms with van der Waals surface area (Å²) in [6.07, 6.45) is -3.44. The van der Waals surface area contributed by atoms with Crippen molar-refractivity contribution in [3.63, 3.8) is 0 Å². The lowest BCUT2D eigenvalue weighted by atomic mass is 9.79. The van der Waals surface area contributed by atoms with Crippen LogP contribution in [0.2, 0.25) is 0 Å². The van der Waals surface area contributed by atoms with Crippen LogP contribution in [0.25, 0.3) is 0 Å². The molecule has 0 bridgehead atoms. The number of unbranched alkanes of at least 4 members (excludes halogenated alkanes) is 2. The molecule has 0 amide bonds. The number of benzene rings is 3. The maximum Gasteiger partial charge on any atom is 0.426 e. The van der Waals surface area contributed by atoms with Gasteiger partial charge in [0.1, 0.15) is 17.2 Å². The molecule has 0 radical (unpaired) electrons. The zero-order valence-electron chi connectivity index (χ0n) is 24.4. The Bertz CT molecular complexity index is 1230. The second-order valence-corrected chi connectivity index (χ2v) is 12.3. The van der Waals surface area contributed by atoms with Crippen LogP contribution in [0.15, 0.2) is 60.7 Å². The number of phenols is 1. The number of halogens is 4. The molecule has 218 valence electrons. The van der Waals surface area contributed by atoms with E-state index in [1.807, 2.05) is 41.5 Å². The minimum atomic E-state index is -3.77. The fourth-order valence-electron chi connectivity index (χ4n) is 4.39. The Morgan fingerprint density at radius 3 is 1.48 bits per heavy atom. The molecule has 0 aromatic heterocycles. The van der Waals surface area contributed by atoms with Gasteiger partial charge in [-0.05, 0) is 77.8 Å². The van der Waals surface area contributed by atoms with Crippen LogP contribution in [0.5, 0.6) is 17.2 Å². The summed E-state index contributed by atoms with van der Waals surface area (Å²) in [5.74, 6) is -0.321. The van der Waals surface area contributed by atoms with E-state index in [1.165, 1.54) is 24.3 Å². The zero-order valence-corrected chi connectivity index (χ0v) is 24.4. The molecule has 0 fully saturated rings. The fourth-order valence-corrected chi connectivity index (χ4v) is 4.39. The van der Waals surface area contributed by atoms with Gasteiger partial charge in [0.15, 0.2) is 0 Å². The van der Waals surface area contributed by atoms with Gasteiger partial charge in [-0.25, -0.2) is 0 Å². The monoisotopic (exact) mass is 560 g/mol. The molecule has 0 saturated carbocycles. The van der Waals surface area contributed by atoms with Crippen LogP contribution in [0.3, 0.4) is 0 Å². The van der Waals surface area contributed by atoms with Gasteiger partial charge in [0.25, 0.3) is 0 Å². The lowest BCUT2D eigenvalue weighted by Gasteiger charge is -2.29. The molecule has 0 spiro atoms. The van der Waals surface area contributed by atoms with Crippen molar-refractivity contribution in [1.29, 1.82) is 0 Å². The number of alkyl halides is 4. The molecule has 0 saturated heterocycles. The highest BCUT2D eigenvalue weighted by molar-refractivity contribution is 5.52. The van der Waals surface area contributed by atoms with Crippen molar-refractivity contribution in [2.75, 3.05) is 0 Å². The van der Waals surface area contributed by atoms with Crippen LogP contribution < -0.4 is 9.47 Å². The number of hydrogen-bond acceptors (Lipinski definition) is 3. The largest absolute Gasteiger partial charge is 0.507 e. The molecule has 0 aliphatic rings. The second-order valence-electron chi connectivity index (χ2n) is 12.3. The number of phenolic OH excluding ortho intramolecular Hbond substituents is 1. The van der Waals surface area contributed by atoms with Gasteiger partial charge in [0.05, 0.1) is 11.1 Å². The first-order chi connectivity index (χ1) is 18.4. The van der Waals surface area contributed by atoms with E-state index >= 15 is 8.78 Å². The number of aryl methyl sites for hydroxylation is 1. The molecule has 0 aliphatic heterocycles. The zero-order chi connectivity index (χ0) is 29.9. The molecule has 1 N–H and O–H groups in total. The highest BCUT2D eigenvalue weighted by atomic mass is 19.3. The Labute approximate surface area is 235 Å². The summed E-state index contributed by atoms with van der Waals surface area (Å²) >= 11 is 0. The van der Waals surface area contributed by atoms with Gasteiger partial charge in [-0.3, -0.25) is 0 Å². The Morgan fingerprint density at radius 2 is 1.05 bits per heavy atom. The molecule has 3 nitrogen and oxygen atoms in total. The van der Waals surface area contributed by atoms with E-state index in [2.05, 4.69) is 6.92 Å². The summed E-state index contributed by atoms with van der Waals surface area (Å²) in [4.78, 5) is 0. The summed E-state index contributed by atoms with van der Waals surface area (Å²) in [6, 6.07) is 12.9. The van der Waals surface area contributed by atoms with Crippen molar-refractivity contribution >= 4 is 0 Å². The first-order valence-electron chi connectivity index (χ1n) is 13.7. The first kappa shape index (κ1) is 31.3. The molecule has 3 rings (SSSR count). The van der Waals surface area contributed by atoms with E-state index in [-0.39, 0.29) is 22.8 Å². The highest BCUT2D eigenvalue weighted by Gasteiger charge is 2.38. The van der Waals surface area contributed by atoms with Gasteiger partial charge in [-0.1, -0.05) is 73.4 Å². The van der Waals surface area contributed by atoms with Gasteiger partial charge in [-0.15, -0.1) is 0 Å². The van der Waals surface area contributed by atoms with E-state index in [9.17, 15) is 13.9 Å². The van der Waals surface area contributed by atoms with Crippen molar-refractivity contribution in [2.45, 2.75) is 97.2 Å². The summed E-state index contributed by atoms with van der Waals surface area (Å²) < 4.78 is 70.0. The molecule has 7 heteroatoms. The molecule has 0 heterocycles. The number of ether oxygens (including phenoxy) is 2. The van der Waals surface area contributed by atoms with Gasteiger partial charge in [0, 0.05) is 11.1 Å². The van der Waals surface area contributed by atoms with Gasteiger partial charge >= 0.3 is 12.2 Å². The fraction of sp³-hybridized carbons (Fsp3) is 0.455. The molecule has 0 aliphatic carbocycles. The minimum absolute atomic E-state index is 0.0456. The SMILES string of the molecule is CCCCCc1ccc(C(F)(F)Oc2ccc(C(F)(F)Oc3cc(C(C)(C)C)c(O)c(C(C)(C)C)c3)cc2)cc1. The van der Waals surface area contributed by atoms with Crippen LogP contribution in [0.4, 0.5) is 17.6 Å². The topological polar surface area (TPSA) is 38.7 Å². The van der Waals surface area contributed by atoms with Crippen LogP contribution in [0.1, 0.15) is 95.5 Å². The Balaban J connectivity index is 1.79. The van der Waals surface area contributed by atoms with Crippen LogP contribution >= 0.6 is 0 Å². The highest BCUT2D eigenvalue weighted by Crippen LogP contribution is 2.44. The van der Waals surface area contributed by atoms with E-state index < -0.39 is 28.6 Å². The predicted octanol–water partition coefficient (Wildman–Crippen LogP) is 9.98. The molecule has 3 aromatic rings. The molecular weight excluding hydrogens is 520 g/mol. The predicted molar refractivity (Wildman–Crippen MR) is 151 cm³/mol. The average Bonchev–Trinajstić information content (AvgIpc) is 2.84. The Hall–Kier alpha value is -3.22. The summed E-state index contributed by atoms with van der Waals surface area (Å²) in [7, 11) is 0. The summed E-state index contributed by atoms with van der Waals surface area (Å²) in [5, 5.41) is 10.8. The number of hydrogen-bond donors (Lipinski definition) is 1. The number of aromatic hydroxyl groups is 1. The van der Waals surface area contributed by atoms with Crippen molar-refractivity contribution in [3.05, 3.63) is 88.5 Å². The minimum Gasteiger partial charge on any atom is -0.507 e. The summed E-state index contributed by atoms with van der Waals surface area (Å²) in [6.45, 7) is 13.3. The Kier molecular flexibility index (Phi) is 9.17. The molecule has 0 atom stereocenters. The second kappa shape index (κ2) is 11.7. The van der Waals surface area contributed by atoms with Crippen molar-refractivity contribution in [1.82, 2.24) is 0 Å². The molecule has 0 unspecified atom stereocenters. The van der Waals surface area contributed by atoms with Gasteiger partial charge in [-0.2, -0.15) is 17.6 Å². The average molecular weight is 561 g/mol. The van der Waals surface area contributed by atoms with Crippen LogP contribution in [0, 0.1) is 0 Å². The third-order valence-corrected chi connectivity index (χ3v) is 6.74. The normalized spacial score (nSPS) is 12.9. The lowest BCUT2D eigenvalue weighted by Crippen LogP contribution is -2.24. The quantitative estimate of drug-likeness (QED) is 0.198. The number of rotatable bonds is 10. The molecule has 40 heavy (non-hydrogen) atoms. The first-order valence-corrected chi connectivity index (χ1v) is 13.7. The smallest absolute Gasteiger partial charge is 0.426 e. The van der Waals surface area contributed by atoms with Gasteiger partial charge in [0.2, 0.25) is 0 Å². The molecular formula is C33H40F4O3. The van der Waals surface area contributed by atoms with E-state index in [0.29, 0.717) is 11.1 Å². The maximum absolute atomic E-state index is 15.2. The maximum atomic E-state index is 15.2. The standard InChI is InChI=1S/C33H40F4O3/c1-8-9-10-11-22-12-14-23(15-13-22)32(34,35)39-25-18-16-24(17-19-25)33(36,37)40-26-20-27(30(2,3)4)29(38)28(21-26)31(5,6)7/h12-21,38H,8-11H2,1-7H3. The van der Waals surface area contributed by atoms with E-state index in [4.69, 9.17) is 9.47 Å². The molecule has 3 aromatic carbocycles. The van der Waals surface area contributed by atoms with Crippen LogP contribution in [-0.4, -0.2) is 5.11 Å².